The first-order chi connectivity index (χ1) is 9.46. The zero-order chi connectivity index (χ0) is 15.2. The van der Waals surface area contributed by atoms with Gasteiger partial charge in [-0.1, -0.05) is 46.5 Å². The molecule has 0 saturated heterocycles. The minimum absolute atomic E-state index is 0.106. The second kappa shape index (κ2) is 7.92. The van der Waals surface area contributed by atoms with Crippen LogP contribution in [0.4, 0.5) is 0 Å². The highest BCUT2D eigenvalue weighted by Crippen LogP contribution is 2.41. The second-order valence-electron chi connectivity index (χ2n) is 5.89. The predicted octanol–water partition coefficient (Wildman–Crippen LogP) is 5.71. The molecule has 0 spiro atoms. The van der Waals surface area contributed by atoms with Gasteiger partial charge in [-0.25, -0.2) is 0 Å². The number of rotatable bonds is 8. The molecule has 0 atom stereocenters. The molecular weight excluding hydrogens is 316 g/mol. The zero-order valence-electron chi connectivity index (χ0n) is 13.4. The molecule has 0 saturated carbocycles. The van der Waals surface area contributed by atoms with E-state index in [0.29, 0.717) is 0 Å². The van der Waals surface area contributed by atoms with Gasteiger partial charge in [0, 0.05) is 6.07 Å². The number of hydrogen-bond acceptors (Lipinski definition) is 2. The van der Waals surface area contributed by atoms with Gasteiger partial charge in [0.25, 0.3) is 0 Å². The van der Waals surface area contributed by atoms with Crippen LogP contribution < -0.4 is 9.47 Å². The van der Waals surface area contributed by atoms with Crippen molar-refractivity contribution < 1.29 is 9.47 Å². The van der Waals surface area contributed by atoms with E-state index in [1.165, 1.54) is 37.7 Å². The first-order valence-electron chi connectivity index (χ1n) is 7.38. The van der Waals surface area contributed by atoms with Gasteiger partial charge >= 0.3 is 0 Å². The van der Waals surface area contributed by atoms with Crippen molar-refractivity contribution in [2.75, 3.05) is 14.2 Å². The van der Waals surface area contributed by atoms with E-state index < -0.39 is 0 Å². The van der Waals surface area contributed by atoms with Crippen LogP contribution in [0.5, 0.6) is 11.5 Å². The lowest BCUT2D eigenvalue weighted by atomic mass is 9.79. The van der Waals surface area contributed by atoms with E-state index in [2.05, 4.69) is 42.8 Å². The quantitative estimate of drug-likeness (QED) is 0.563. The molecule has 1 aromatic carbocycles. The van der Waals surface area contributed by atoms with E-state index in [1.54, 1.807) is 14.2 Å². The van der Waals surface area contributed by atoms with Crippen LogP contribution in [-0.4, -0.2) is 14.2 Å². The number of ether oxygens (including phenoxy) is 2. The maximum absolute atomic E-state index is 5.44. The summed E-state index contributed by atoms with van der Waals surface area (Å²) < 4.78 is 11.9. The molecule has 0 aliphatic heterocycles. The van der Waals surface area contributed by atoms with Crippen molar-refractivity contribution in [2.24, 2.45) is 0 Å². The third-order valence-corrected chi connectivity index (χ3v) is 4.67. The molecule has 0 fully saturated rings. The second-order valence-corrected chi connectivity index (χ2v) is 6.68. The largest absolute Gasteiger partial charge is 0.497 e. The molecule has 0 aliphatic rings. The molecule has 0 aromatic heterocycles. The zero-order valence-corrected chi connectivity index (χ0v) is 15.0. The Morgan fingerprint density at radius 2 is 1.75 bits per heavy atom. The summed E-state index contributed by atoms with van der Waals surface area (Å²) in [6.45, 7) is 6.82. The minimum atomic E-state index is 0.106. The lowest BCUT2D eigenvalue weighted by Gasteiger charge is -2.28. The number of methoxy groups -OCH3 is 2. The molecular formula is C17H27BrO2. The highest BCUT2D eigenvalue weighted by Gasteiger charge is 2.25. The van der Waals surface area contributed by atoms with Crippen LogP contribution in [0.15, 0.2) is 16.6 Å². The minimum Gasteiger partial charge on any atom is -0.497 e. The summed E-state index contributed by atoms with van der Waals surface area (Å²) >= 11 is 3.68. The van der Waals surface area contributed by atoms with Crippen LogP contribution in [0.1, 0.15) is 58.4 Å². The van der Waals surface area contributed by atoms with Gasteiger partial charge in [0.15, 0.2) is 0 Å². The van der Waals surface area contributed by atoms with Crippen LogP contribution in [-0.2, 0) is 5.41 Å². The Bertz CT molecular complexity index is 427. The highest BCUT2D eigenvalue weighted by molar-refractivity contribution is 9.10. The highest BCUT2D eigenvalue weighted by atomic mass is 79.9. The number of hydrogen-bond donors (Lipinski definition) is 0. The summed E-state index contributed by atoms with van der Waals surface area (Å²) in [6.07, 6.45) is 6.32. The summed E-state index contributed by atoms with van der Waals surface area (Å²) in [5.74, 6) is 1.68. The van der Waals surface area contributed by atoms with E-state index in [1.807, 2.05) is 6.07 Å². The van der Waals surface area contributed by atoms with Gasteiger partial charge in [-0.05, 0) is 39.4 Å². The Morgan fingerprint density at radius 3 is 2.30 bits per heavy atom. The maximum atomic E-state index is 5.44. The van der Waals surface area contributed by atoms with Gasteiger partial charge in [-0.15, -0.1) is 0 Å². The molecule has 3 heteroatoms. The monoisotopic (exact) mass is 342 g/mol. The molecule has 0 heterocycles. The van der Waals surface area contributed by atoms with Crippen LogP contribution in [0.25, 0.3) is 0 Å². The van der Waals surface area contributed by atoms with Crippen LogP contribution in [0.2, 0.25) is 0 Å². The van der Waals surface area contributed by atoms with Crippen LogP contribution >= 0.6 is 15.9 Å². The van der Waals surface area contributed by atoms with Gasteiger partial charge in [0.05, 0.1) is 18.7 Å². The molecule has 0 unspecified atom stereocenters. The Labute approximate surface area is 132 Å². The first-order valence-corrected chi connectivity index (χ1v) is 8.17. The fourth-order valence-electron chi connectivity index (χ4n) is 2.46. The Kier molecular flexibility index (Phi) is 6.87. The molecule has 0 radical (unpaired) electrons. The lowest BCUT2D eigenvalue weighted by Crippen LogP contribution is -2.18. The average Bonchev–Trinajstić information content (AvgIpc) is 2.43. The van der Waals surface area contributed by atoms with Crippen molar-refractivity contribution in [2.45, 2.75) is 58.3 Å². The fourth-order valence-corrected chi connectivity index (χ4v) is 3.39. The molecule has 0 N–H and O–H groups in total. The summed E-state index contributed by atoms with van der Waals surface area (Å²) in [5, 5.41) is 0. The number of unbranched alkanes of at least 4 members (excludes halogenated alkanes) is 3. The van der Waals surface area contributed by atoms with Gasteiger partial charge in [-0.2, -0.15) is 0 Å². The van der Waals surface area contributed by atoms with E-state index in [0.717, 1.165) is 16.0 Å². The number of benzene rings is 1. The third kappa shape index (κ3) is 4.41. The molecule has 2 nitrogen and oxygen atoms in total. The smallest absolute Gasteiger partial charge is 0.137 e. The Morgan fingerprint density at radius 1 is 1.05 bits per heavy atom. The molecule has 0 amide bonds. The van der Waals surface area contributed by atoms with Gasteiger partial charge in [-0.3, -0.25) is 0 Å². The van der Waals surface area contributed by atoms with Gasteiger partial charge in [0.1, 0.15) is 11.5 Å². The van der Waals surface area contributed by atoms with E-state index >= 15 is 0 Å². The van der Waals surface area contributed by atoms with Crippen molar-refractivity contribution >= 4 is 15.9 Å². The van der Waals surface area contributed by atoms with Gasteiger partial charge < -0.3 is 9.47 Å². The fraction of sp³-hybridized carbons (Fsp3) is 0.647. The standard InChI is InChI=1S/C17H27BrO2/c1-6-7-8-9-10-17(2,3)14-11-13(19-4)12-15(20-5)16(14)18/h11-12H,6-10H2,1-5H3. The van der Waals surface area contributed by atoms with Crippen molar-refractivity contribution in [3.63, 3.8) is 0 Å². The van der Waals surface area contributed by atoms with Crippen LogP contribution in [0, 0.1) is 0 Å². The summed E-state index contributed by atoms with van der Waals surface area (Å²) in [6, 6.07) is 4.03. The van der Waals surface area contributed by atoms with Crippen molar-refractivity contribution in [3.05, 3.63) is 22.2 Å². The number of halogens is 1. The van der Waals surface area contributed by atoms with E-state index in [4.69, 9.17) is 9.47 Å². The summed E-state index contributed by atoms with van der Waals surface area (Å²) in [5.41, 5.74) is 1.36. The average molecular weight is 343 g/mol. The van der Waals surface area contributed by atoms with Crippen molar-refractivity contribution in [3.8, 4) is 11.5 Å². The van der Waals surface area contributed by atoms with Gasteiger partial charge in [0.2, 0.25) is 0 Å². The molecule has 1 rings (SSSR count). The molecule has 20 heavy (non-hydrogen) atoms. The van der Waals surface area contributed by atoms with Crippen molar-refractivity contribution in [1.82, 2.24) is 0 Å². The van der Waals surface area contributed by atoms with E-state index in [-0.39, 0.29) is 5.41 Å². The topological polar surface area (TPSA) is 18.5 Å². The molecule has 0 bridgehead atoms. The molecule has 0 aliphatic carbocycles. The Hall–Kier alpha value is -0.700. The third-order valence-electron chi connectivity index (χ3n) is 3.85. The normalized spacial score (nSPS) is 11.5. The SMILES string of the molecule is CCCCCCC(C)(C)c1cc(OC)cc(OC)c1Br. The lowest BCUT2D eigenvalue weighted by molar-refractivity contribution is 0.383. The maximum Gasteiger partial charge on any atom is 0.137 e. The van der Waals surface area contributed by atoms with E-state index in [9.17, 15) is 0 Å². The molecule has 114 valence electrons. The molecule has 1 aromatic rings. The predicted molar refractivity (Wildman–Crippen MR) is 89.0 cm³/mol. The summed E-state index contributed by atoms with van der Waals surface area (Å²) in [4.78, 5) is 0. The van der Waals surface area contributed by atoms with Crippen molar-refractivity contribution in [1.29, 1.82) is 0 Å². The summed E-state index contributed by atoms with van der Waals surface area (Å²) in [7, 11) is 3.39. The van der Waals surface area contributed by atoms with Crippen LogP contribution in [0.3, 0.4) is 0 Å². The first kappa shape index (κ1) is 17.4. The Balaban J connectivity index is 2.97.